The van der Waals surface area contributed by atoms with Gasteiger partial charge in [0.25, 0.3) is 0 Å². The maximum absolute atomic E-state index is 12.9. The van der Waals surface area contributed by atoms with Gasteiger partial charge in [-0.25, -0.2) is 0 Å². The summed E-state index contributed by atoms with van der Waals surface area (Å²) in [5, 5.41) is 3.19. The fourth-order valence-electron chi connectivity index (χ4n) is 2.64. The van der Waals surface area contributed by atoms with Crippen molar-refractivity contribution < 1.29 is 9.53 Å². The fraction of sp³-hybridized carbons (Fsp3) is 0.588. The Morgan fingerprint density at radius 1 is 1.15 bits per heavy atom. The Morgan fingerprint density at radius 2 is 1.75 bits per heavy atom. The van der Waals surface area contributed by atoms with Crippen molar-refractivity contribution in [2.24, 2.45) is 5.92 Å². The highest BCUT2D eigenvalue weighted by Gasteiger charge is 2.42. The van der Waals surface area contributed by atoms with Crippen LogP contribution in [-0.4, -0.2) is 25.2 Å². The van der Waals surface area contributed by atoms with Crippen molar-refractivity contribution in [3.8, 4) is 0 Å². The van der Waals surface area contributed by atoms with Crippen LogP contribution >= 0.6 is 0 Å². The number of amides is 1. The second-order valence-corrected chi connectivity index (χ2v) is 6.07. The third-order valence-electron chi connectivity index (χ3n) is 4.47. The van der Waals surface area contributed by atoms with Crippen LogP contribution in [0.15, 0.2) is 30.3 Å². The number of hydrogen-bond acceptors (Lipinski definition) is 2. The van der Waals surface area contributed by atoms with Crippen LogP contribution < -0.4 is 5.32 Å². The van der Waals surface area contributed by atoms with Crippen molar-refractivity contribution in [1.29, 1.82) is 0 Å². The zero-order valence-corrected chi connectivity index (χ0v) is 12.7. The molecule has 1 N–H and O–H groups in total. The molecule has 3 nitrogen and oxygen atoms in total. The molecule has 0 aromatic heterocycles. The van der Waals surface area contributed by atoms with Crippen molar-refractivity contribution in [2.45, 2.75) is 45.1 Å². The average molecular weight is 275 g/mol. The predicted octanol–water partition coefficient (Wildman–Crippen LogP) is 2.90. The van der Waals surface area contributed by atoms with Crippen molar-refractivity contribution in [3.05, 3.63) is 35.9 Å². The highest BCUT2D eigenvalue weighted by Crippen LogP contribution is 2.35. The van der Waals surface area contributed by atoms with Crippen LogP contribution in [-0.2, 0) is 14.9 Å². The molecule has 1 atom stereocenters. The van der Waals surface area contributed by atoms with Crippen molar-refractivity contribution in [2.75, 3.05) is 13.2 Å². The Morgan fingerprint density at radius 3 is 2.30 bits per heavy atom. The van der Waals surface area contributed by atoms with E-state index in [0.717, 1.165) is 18.4 Å². The smallest absolute Gasteiger partial charge is 0.231 e. The number of benzene rings is 1. The van der Waals surface area contributed by atoms with E-state index in [4.69, 9.17) is 4.74 Å². The van der Waals surface area contributed by atoms with E-state index in [2.05, 4.69) is 38.2 Å². The van der Waals surface area contributed by atoms with Crippen LogP contribution in [0.25, 0.3) is 0 Å². The second kappa shape index (κ2) is 6.40. The van der Waals surface area contributed by atoms with Crippen molar-refractivity contribution in [1.82, 2.24) is 5.32 Å². The molecule has 0 spiro atoms. The topological polar surface area (TPSA) is 38.3 Å². The monoisotopic (exact) mass is 275 g/mol. The molecule has 1 amide bonds. The minimum absolute atomic E-state index is 0.146. The lowest BCUT2D eigenvalue weighted by Crippen LogP contribution is -2.51. The van der Waals surface area contributed by atoms with Gasteiger partial charge in [0.1, 0.15) is 0 Å². The van der Waals surface area contributed by atoms with Crippen LogP contribution in [0.1, 0.15) is 39.2 Å². The van der Waals surface area contributed by atoms with Crippen LogP contribution in [0.4, 0.5) is 0 Å². The van der Waals surface area contributed by atoms with Crippen molar-refractivity contribution in [3.63, 3.8) is 0 Å². The Bertz CT molecular complexity index is 436. The summed E-state index contributed by atoms with van der Waals surface area (Å²) in [6, 6.07) is 10.3. The summed E-state index contributed by atoms with van der Waals surface area (Å²) in [6.45, 7) is 7.63. The van der Waals surface area contributed by atoms with Gasteiger partial charge in [0.2, 0.25) is 5.91 Å². The maximum Gasteiger partial charge on any atom is 0.231 e. The van der Waals surface area contributed by atoms with Gasteiger partial charge < -0.3 is 10.1 Å². The SMILES string of the molecule is CC(C)[C@H](C)NC(=O)C1(c2ccccc2)CCOCC1. The molecule has 1 aromatic rings. The van der Waals surface area contributed by atoms with E-state index < -0.39 is 5.41 Å². The molecule has 2 rings (SSSR count). The normalized spacial score (nSPS) is 19.6. The lowest BCUT2D eigenvalue weighted by atomic mass is 9.73. The fourth-order valence-corrected chi connectivity index (χ4v) is 2.64. The van der Waals surface area contributed by atoms with Gasteiger partial charge in [-0.2, -0.15) is 0 Å². The number of rotatable bonds is 4. The Hall–Kier alpha value is -1.35. The molecular formula is C17H25NO2. The Kier molecular flexibility index (Phi) is 4.81. The molecule has 0 radical (unpaired) electrons. The van der Waals surface area contributed by atoms with Crippen molar-refractivity contribution >= 4 is 5.91 Å². The summed E-state index contributed by atoms with van der Waals surface area (Å²) in [6.07, 6.45) is 1.52. The van der Waals surface area contributed by atoms with Gasteiger partial charge in [0, 0.05) is 19.3 Å². The first kappa shape index (κ1) is 15.0. The van der Waals surface area contributed by atoms with E-state index in [1.165, 1.54) is 0 Å². The summed E-state index contributed by atoms with van der Waals surface area (Å²) >= 11 is 0. The first-order valence-electron chi connectivity index (χ1n) is 7.50. The van der Waals surface area contributed by atoms with E-state index in [0.29, 0.717) is 19.1 Å². The molecule has 0 unspecified atom stereocenters. The second-order valence-electron chi connectivity index (χ2n) is 6.07. The summed E-state index contributed by atoms with van der Waals surface area (Å²) < 4.78 is 5.47. The molecule has 20 heavy (non-hydrogen) atoms. The minimum Gasteiger partial charge on any atom is -0.381 e. The molecule has 0 bridgehead atoms. The molecule has 0 saturated carbocycles. The molecule has 1 aliphatic heterocycles. The summed E-state index contributed by atoms with van der Waals surface area (Å²) in [4.78, 5) is 12.9. The lowest BCUT2D eigenvalue weighted by Gasteiger charge is -2.37. The molecule has 1 fully saturated rings. The van der Waals surface area contributed by atoms with E-state index in [1.54, 1.807) is 0 Å². The third-order valence-corrected chi connectivity index (χ3v) is 4.47. The first-order valence-corrected chi connectivity index (χ1v) is 7.50. The Labute approximate surface area is 121 Å². The number of carbonyl (C=O) groups is 1. The summed E-state index contributed by atoms with van der Waals surface area (Å²) in [5.41, 5.74) is 0.680. The van der Waals surface area contributed by atoms with Gasteiger partial charge in [-0.15, -0.1) is 0 Å². The summed E-state index contributed by atoms with van der Waals surface area (Å²) in [7, 11) is 0. The zero-order valence-electron chi connectivity index (χ0n) is 12.7. The van der Waals surface area contributed by atoms with Gasteiger partial charge in [-0.1, -0.05) is 44.2 Å². The van der Waals surface area contributed by atoms with E-state index in [9.17, 15) is 4.79 Å². The minimum atomic E-state index is -0.428. The van der Waals surface area contributed by atoms with E-state index >= 15 is 0 Å². The number of nitrogens with one attached hydrogen (secondary N) is 1. The summed E-state index contributed by atoms with van der Waals surface area (Å²) in [5.74, 6) is 0.583. The van der Waals surface area contributed by atoms with E-state index in [-0.39, 0.29) is 11.9 Å². The molecule has 1 aliphatic rings. The molecule has 110 valence electrons. The van der Waals surface area contributed by atoms with E-state index in [1.807, 2.05) is 18.2 Å². The molecule has 1 saturated heterocycles. The van der Waals surface area contributed by atoms with Gasteiger partial charge in [-0.05, 0) is 31.2 Å². The van der Waals surface area contributed by atoms with Crippen LogP contribution in [0.5, 0.6) is 0 Å². The van der Waals surface area contributed by atoms with Crippen LogP contribution in [0.2, 0.25) is 0 Å². The van der Waals surface area contributed by atoms with Gasteiger partial charge in [0.15, 0.2) is 0 Å². The largest absolute Gasteiger partial charge is 0.381 e. The predicted molar refractivity (Wildman–Crippen MR) is 80.6 cm³/mol. The van der Waals surface area contributed by atoms with Crippen LogP contribution in [0, 0.1) is 5.92 Å². The molecule has 1 aromatic carbocycles. The molecule has 0 aliphatic carbocycles. The highest BCUT2D eigenvalue weighted by molar-refractivity contribution is 5.88. The van der Waals surface area contributed by atoms with Gasteiger partial charge in [-0.3, -0.25) is 4.79 Å². The Balaban J connectivity index is 2.26. The number of ether oxygens (including phenoxy) is 1. The first-order chi connectivity index (χ1) is 9.56. The number of carbonyl (C=O) groups excluding carboxylic acids is 1. The van der Waals surface area contributed by atoms with Gasteiger partial charge >= 0.3 is 0 Å². The highest BCUT2D eigenvalue weighted by atomic mass is 16.5. The molecular weight excluding hydrogens is 250 g/mol. The quantitative estimate of drug-likeness (QED) is 0.917. The third kappa shape index (κ3) is 3.04. The standard InChI is InChI=1S/C17H25NO2/c1-13(2)14(3)18-16(19)17(9-11-20-12-10-17)15-7-5-4-6-8-15/h4-8,13-14H,9-12H2,1-3H3,(H,18,19)/t14-/m0/s1. The van der Waals surface area contributed by atoms with Gasteiger partial charge in [0.05, 0.1) is 5.41 Å². The van der Waals surface area contributed by atoms with Crippen LogP contribution in [0.3, 0.4) is 0 Å². The number of hydrogen-bond donors (Lipinski definition) is 1. The lowest BCUT2D eigenvalue weighted by molar-refractivity contribution is -0.131. The maximum atomic E-state index is 12.9. The molecule has 1 heterocycles. The average Bonchev–Trinajstić information content (AvgIpc) is 2.48. The molecule has 3 heteroatoms. The zero-order chi connectivity index (χ0) is 14.6.